The number of halogens is 2. The van der Waals surface area contributed by atoms with Gasteiger partial charge in [-0.2, -0.15) is 0 Å². The quantitative estimate of drug-likeness (QED) is 0.773. The highest BCUT2D eigenvalue weighted by Gasteiger charge is 2.20. The van der Waals surface area contributed by atoms with Crippen LogP contribution in [0.1, 0.15) is 16.8 Å². The van der Waals surface area contributed by atoms with Gasteiger partial charge < -0.3 is 15.4 Å². The third-order valence-electron chi connectivity index (χ3n) is 2.84. The van der Waals surface area contributed by atoms with Crippen molar-refractivity contribution in [2.24, 2.45) is 0 Å². The van der Waals surface area contributed by atoms with Gasteiger partial charge in [-0.15, -0.1) is 0 Å². The smallest absolute Gasteiger partial charge is 0.254 e. The maximum atomic E-state index is 13.3. The lowest BCUT2D eigenvalue weighted by atomic mass is 10.1. The van der Waals surface area contributed by atoms with Crippen molar-refractivity contribution < 1.29 is 18.3 Å². The van der Waals surface area contributed by atoms with E-state index in [0.29, 0.717) is 32.7 Å². The first-order valence-corrected chi connectivity index (χ1v) is 5.71. The molecule has 4 nitrogen and oxygen atoms in total. The SMILES string of the molecule is Nc1c(F)cc(C(=O)N2CCCOCC2)cc1F. The van der Waals surface area contributed by atoms with Gasteiger partial charge in [-0.1, -0.05) is 0 Å². The molecular formula is C12H14F2N2O2. The largest absolute Gasteiger partial charge is 0.394 e. The summed E-state index contributed by atoms with van der Waals surface area (Å²) in [5, 5.41) is 0. The zero-order chi connectivity index (χ0) is 13.1. The molecule has 2 rings (SSSR count). The molecule has 1 aromatic rings. The van der Waals surface area contributed by atoms with Gasteiger partial charge in [0.1, 0.15) is 17.3 Å². The number of hydrogen-bond donors (Lipinski definition) is 1. The molecule has 1 aromatic carbocycles. The van der Waals surface area contributed by atoms with Gasteiger partial charge in [0.15, 0.2) is 0 Å². The van der Waals surface area contributed by atoms with Crippen LogP contribution in [-0.4, -0.2) is 37.1 Å². The van der Waals surface area contributed by atoms with E-state index < -0.39 is 23.2 Å². The predicted octanol–water partition coefficient (Wildman–Crippen LogP) is 1.41. The highest BCUT2D eigenvalue weighted by atomic mass is 19.1. The van der Waals surface area contributed by atoms with Crippen LogP contribution in [-0.2, 0) is 4.74 Å². The van der Waals surface area contributed by atoms with E-state index in [-0.39, 0.29) is 5.56 Å². The van der Waals surface area contributed by atoms with Crippen molar-refractivity contribution in [2.75, 3.05) is 32.0 Å². The van der Waals surface area contributed by atoms with Crippen LogP contribution in [0.2, 0.25) is 0 Å². The number of nitrogens with zero attached hydrogens (tertiary/aromatic N) is 1. The van der Waals surface area contributed by atoms with Crippen molar-refractivity contribution in [3.05, 3.63) is 29.3 Å². The number of rotatable bonds is 1. The van der Waals surface area contributed by atoms with Gasteiger partial charge in [0.25, 0.3) is 5.91 Å². The molecule has 1 aliphatic rings. The van der Waals surface area contributed by atoms with Crippen LogP contribution in [0, 0.1) is 11.6 Å². The van der Waals surface area contributed by atoms with Crippen LogP contribution in [0.4, 0.5) is 14.5 Å². The van der Waals surface area contributed by atoms with E-state index in [9.17, 15) is 13.6 Å². The summed E-state index contributed by atoms with van der Waals surface area (Å²) in [6.07, 6.45) is 0.714. The monoisotopic (exact) mass is 256 g/mol. The average Bonchev–Trinajstić information content (AvgIpc) is 2.63. The van der Waals surface area contributed by atoms with Crippen molar-refractivity contribution in [3.8, 4) is 0 Å². The summed E-state index contributed by atoms with van der Waals surface area (Å²) in [6, 6.07) is 1.93. The van der Waals surface area contributed by atoms with Crippen LogP contribution in [0.3, 0.4) is 0 Å². The summed E-state index contributed by atoms with van der Waals surface area (Å²) in [7, 11) is 0. The molecule has 18 heavy (non-hydrogen) atoms. The molecule has 0 bridgehead atoms. The van der Waals surface area contributed by atoms with Gasteiger partial charge in [0.05, 0.1) is 6.61 Å². The molecule has 1 heterocycles. The fourth-order valence-corrected chi connectivity index (χ4v) is 1.84. The zero-order valence-corrected chi connectivity index (χ0v) is 9.79. The standard InChI is InChI=1S/C12H14F2N2O2/c13-9-6-8(7-10(14)11(9)15)12(17)16-2-1-4-18-5-3-16/h6-7H,1-5,15H2. The van der Waals surface area contributed by atoms with Gasteiger partial charge in [0.2, 0.25) is 0 Å². The number of ether oxygens (including phenoxy) is 1. The Morgan fingerprint density at radius 2 is 1.89 bits per heavy atom. The second-order valence-electron chi connectivity index (χ2n) is 4.11. The van der Waals surface area contributed by atoms with E-state index >= 15 is 0 Å². The number of carbonyl (C=O) groups excluding carboxylic acids is 1. The highest BCUT2D eigenvalue weighted by Crippen LogP contribution is 2.18. The van der Waals surface area contributed by atoms with E-state index in [1.807, 2.05) is 0 Å². The number of anilines is 1. The molecule has 1 fully saturated rings. The van der Waals surface area contributed by atoms with Crippen molar-refractivity contribution in [1.82, 2.24) is 4.90 Å². The zero-order valence-electron chi connectivity index (χ0n) is 9.79. The van der Waals surface area contributed by atoms with Crippen molar-refractivity contribution in [3.63, 3.8) is 0 Å². The molecular weight excluding hydrogens is 242 g/mol. The maximum absolute atomic E-state index is 13.3. The topological polar surface area (TPSA) is 55.6 Å². The Bertz CT molecular complexity index is 434. The first-order chi connectivity index (χ1) is 8.59. The van der Waals surface area contributed by atoms with E-state index in [1.165, 1.54) is 4.90 Å². The second kappa shape index (κ2) is 5.30. The summed E-state index contributed by atoms with van der Waals surface area (Å²) >= 11 is 0. The summed E-state index contributed by atoms with van der Waals surface area (Å²) in [5.74, 6) is -2.23. The first-order valence-electron chi connectivity index (χ1n) is 5.71. The summed E-state index contributed by atoms with van der Waals surface area (Å²) < 4.78 is 31.8. The molecule has 1 aliphatic heterocycles. The van der Waals surface area contributed by atoms with Crippen molar-refractivity contribution in [2.45, 2.75) is 6.42 Å². The molecule has 0 atom stereocenters. The Hall–Kier alpha value is -1.69. The molecule has 1 amide bonds. The minimum absolute atomic E-state index is 0.0268. The number of hydrogen-bond acceptors (Lipinski definition) is 3. The Morgan fingerprint density at radius 3 is 2.56 bits per heavy atom. The van der Waals surface area contributed by atoms with Gasteiger partial charge in [-0.05, 0) is 18.6 Å². The predicted molar refractivity (Wildman–Crippen MR) is 62.1 cm³/mol. The van der Waals surface area contributed by atoms with E-state index in [1.54, 1.807) is 0 Å². The average molecular weight is 256 g/mol. The summed E-state index contributed by atoms with van der Waals surface area (Å²) in [5.41, 5.74) is 4.57. The fraction of sp³-hybridized carbons (Fsp3) is 0.417. The third-order valence-corrected chi connectivity index (χ3v) is 2.84. The van der Waals surface area contributed by atoms with Crippen LogP contribution in [0.15, 0.2) is 12.1 Å². The van der Waals surface area contributed by atoms with Gasteiger partial charge >= 0.3 is 0 Å². The van der Waals surface area contributed by atoms with Crippen molar-refractivity contribution in [1.29, 1.82) is 0 Å². The lowest BCUT2D eigenvalue weighted by molar-refractivity contribution is 0.0740. The van der Waals surface area contributed by atoms with Crippen LogP contribution in [0.5, 0.6) is 0 Å². The first kappa shape index (κ1) is 12.8. The molecule has 0 unspecified atom stereocenters. The lowest BCUT2D eigenvalue weighted by Gasteiger charge is -2.19. The van der Waals surface area contributed by atoms with Gasteiger partial charge in [0, 0.05) is 25.3 Å². The number of amides is 1. The number of nitrogen functional groups attached to an aromatic ring is 1. The van der Waals surface area contributed by atoms with Crippen LogP contribution in [0.25, 0.3) is 0 Å². The molecule has 6 heteroatoms. The Morgan fingerprint density at radius 1 is 1.22 bits per heavy atom. The van der Waals surface area contributed by atoms with Crippen LogP contribution < -0.4 is 5.73 Å². The molecule has 0 radical (unpaired) electrons. The van der Waals surface area contributed by atoms with Gasteiger partial charge in [-0.25, -0.2) is 8.78 Å². The summed E-state index contributed by atoms with van der Waals surface area (Å²) in [4.78, 5) is 13.6. The summed E-state index contributed by atoms with van der Waals surface area (Å²) in [6.45, 7) is 1.97. The molecule has 98 valence electrons. The number of nitrogens with two attached hydrogens (primary N) is 1. The molecule has 0 aliphatic carbocycles. The number of carbonyl (C=O) groups is 1. The Labute approximate surface area is 103 Å². The van der Waals surface area contributed by atoms with Crippen LogP contribution >= 0.6 is 0 Å². The molecule has 1 saturated heterocycles. The molecule has 2 N–H and O–H groups in total. The maximum Gasteiger partial charge on any atom is 0.254 e. The Balaban J connectivity index is 2.22. The number of benzene rings is 1. The molecule has 0 spiro atoms. The van der Waals surface area contributed by atoms with E-state index in [4.69, 9.17) is 10.5 Å². The lowest BCUT2D eigenvalue weighted by Crippen LogP contribution is -2.33. The molecule has 0 aromatic heterocycles. The van der Waals surface area contributed by atoms with E-state index in [2.05, 4.69) is 0 Å². The van der Waals surface area contributed by atoms with Crippen molar-refractivity contribution >= 4 is 11.6 Å². The highest BCUT2D eigenvalue weighted by molar-refractivity contribution is 5.94. The second-order valence-corrected chi connectivity index (χ2v) is 4.11. The normalized spacial score (nSPS) is 16.4. The minimum Gasteiger partial charge on any atom is -0.394 e. The Kier molecular flexibility index (Phi) is 3.76. The van der Waals surface area contributed by atoms with Gasteiger partial charge in [-0.3, -0.25) is 4.79 Å². The third kappa shape index (κ3) is 2.59. The fourth-order valence-electron chi connectivity index (χ4n) is 1.84. The minimum atomic E-state index is -0.913. The van der Waals surface area contributed by atoms with E-state index in [0.717, 1.165) is 12.1 Å². The molecule has 0 saturated carbocycles.